The summed E-state index contributed by atoms with van der Waals surface area (Å²) in [6.45, 7) is 0.465. The molecule has 0 atom stereocenters. The number of nitrogens with one attached hydrogen (secondary N) is 1. The Morgan fingerprint density at radius 1 is 1.07 bits per heavy atom. The van der Waals surface area contributed by atoms with Crippen LogP contribution in [-0.4, -0.2) is 29.3 Å². The standard InChI is InChI=1S/C20H17ClN4O3/c1-26-15-6-7-16(27-2)13(9-15)10-22-19-17-18(12-4-3-5-14(21)8-12)25-28-20(17)24-11-23-19/h3-9,11H,10H2,1-2H3,(H,22,23,24). The van der Waals surface area contributed by atoms with Gasteiger partial charge in [-0.2, -0.15) is 4.98 Å². The van der Waals surface area contributed by atoms with Gasteiger partial charge in [-0.3, -0.25) is 0 Å². The molecule has 0 bridgehead atoms. The number of halogens is 1. The first-order chi connectivity index (χ1) is 13.7. The van der Waals surface area contributed by atoms with E-state index < -0.39 is 0 Å². The number of hydrogen-bond donors (Lipinski definition) is 1. The lowest BCUT2D eigenvalue weighted by molar-refractivity contribution is 0.399. The first kappa shape index (κ1) is 18.1. The molecular weight excluding hydrogens is 380 g/mol. The van der Waals surface area contributed by atoms with Gasteiger partial charge in [0.25, 0.3) is 5.71 Å². The van der Waals surface area contributed by atoms with Gasteiger partial charge in [-0.25, -0.2) is 4.98 Å². The van der Waals surface area contributed by atoms with Crippen LogP contribution in [0, 0.1) is 0 Å². The molecule has 0 radical (unpaired) electrons. The summed E-state index contributed by atoms with van der Waals surface area (Å²) >= 11 is 6.12. The molecule has 0 spiro atoms. The summed E-state index contributed by atoms with van der Waals surface area (Å²) in [7, 11) is 3.26. The van der Waals surface area contributed by atoms with Crippen LogP contribution in [0.1, 0.15) is 5.56 Å². The Morgan fingerprint density at radius 2 is 1.96 bits per heavy atom. The third-order valence-corrected chi connectivity index (χ3v) is 4.54. The number of nitrogens with zero attached hydrogens (tertiary/aromatic N) is 3. The third-order valence-electron chi connectivity index (χ3n) is 4.30. The van der Waals surface area contributed by atoms with Crippen molar-refractivity contribution in [1.82, 2.24) is 15.1 Å². The van der Waals surface area contributed by atoms with Gasteiger partial charge in [-0.15, -0.1) is 0 Å². The molecule has 2 aromatic heterocycles. The molecule has 7 nitrogen and oxygen atoms in total. The van der Waals surface area contributed by atoms with Gasteiger partial charge in [0.2, 0.25) is 0 Å². The van der Waals surface area contributed by atoms with E-state index in [1.54, 1.807) is 20.3 Å². The predicted molar refractivity (Wildman–Crippen MR) is 107 cm³/mol. The highest BCUT2D eigenvalue weighted by atomic mass is 35.5. The molecule has 4 aromatic rings. The maximum Gasteiger partial charge on any atom is 0.263 e. The number of rotatable bonds is 6. The quantitative estimate of drug-likeness (QED) is 0.511. The van der Waals surface area contributed by atoms with Crippen molar-refractivity contribution in [2.75, 3.05) is 19.5 Å². The molecule has 1 N–H and O–H groups in total. The largest absolute Gasteiger partial charge is 0.497 e. The highest BCUT2D eigenvalue weighted by molar-refractivity contribution is 6.30. The van der Waals surface area contributed by atoms with E-state index in [2.05, 4.69) is 20.4 Å². The van der Waals surface area contributed by atoms with Gasteiger partial charge in [0.1, 0.15) is 34.7 Å². The van der Waals surface area contributed by atoms with Crippen molar-refractivity contribution in [3.05, 3.63) is 59.4 Å². The van der Waals surface area contributed by atoms with Crippen molar-refractivity contribution >= 4 is 28.5 Å². The molecule has 0 aliphatic rings. The Hall–Kier alpha value is -3.32. The summed E-state index contributed by atoms with van der Waals surface area (Å²) in [4.78, 5) is 8.54. The topological polar surface area (TPSA) is 82.3 Å². The molecule has 2 aromatic carbocycles. The summed E-state index contributed by atoms with van der Waals surface area (Å²) in [5.41, 5.74) is 2.76. The van der Waals surface area contributed by atoms with Gasteiger partial charge in [0, 0.05) is 22.7 Å². The minimum atomic E-state index is 0.394. The maximum atomic E-state index is 6.12. The molecular formula is C20H17ClN4O3. The second-order valence-corrected chi connectivity index (χ2v) is 6.41. The fourth-order valence-corrected chi connectivity index (χ4v) is 3.14. The fourth-order valence-electron chi connectivity index (χ4n) is 2.95. The number of aromatic nitrogens is 3. The predicted octanol–water partition coefficient (Wildman–Crippen LogP) is 4.57. The van der Waals surface area contributed by atoms with Crippen LogP contribution < -0.4 is 14.8 Å². The number of ether oxygens (including phenoxy) is 2. The Kier molecular flexibility index (Phi) is 4.99. The molecule has 0 fully saturated rings. The molecule has 0 aliphatic carbocycles. The Bertz CT molecular complexity index is 1130. The summed E-state index contributed by atoms with van der Waals surface area (Å²) in [5, 5.41) is 8.78. The first-order valence-electron chi connectivity index (χ1n) is 8.50. The average molecular weight is 397 g/mol. The maximum absolute atomic E-state index is 6.12. The summed E-state index contributed by atoms with van der Waals surface area (Å²) in [5.74, 6) is 2.10. The van der Waals surface area contributed by atoms with Crippen LogP contribution in [0.3, 0.4) is 0 Å². The van der Waals surface area contributed by atoms with Gasteiger partial charge in [0.05, 0.1) is 14.2 Å². The number of hydrogen-bond acceptors (Lipinski definition) is 7. The van der Waals surface area contributed by atoms with Crippen molar-refractivity contribution in [3.8, 4) is 22.8 Å². The van der Waals surface area contributed by atoms with E-state index in [-0.39, 0.29) is 0 Å². The molecule has 0 amide bonds. The van der Waals surface area contributed by atoms with Crippen molar-refractivity contribution in [2.24, 2.45) is 0 Å². The average Bonchev–Trinajstić information content (AvgIpc) is 3.17. The lowest BCUT2D eigenvalue weighted by atomic mass is 10.1. The van der Waals surface area contributed by atoms with E-state index in [1.807, 2.05) is 36.4 Å². The first-order valence-corrected chi connectivity index (χ1v) is 8.88. The van der Waals surface area contributed by atoms with E-state index in [9.17, 15) is 0 Å². The normalized spacial score (nSPS) is 10.8. The minimum Gasteiger partial charge on any atom is -0.497 e. The van der Waals surface area contributed by atoms with Crippen molar-refractivity contribution in [3.63, 3.8) is 0 Å². The van der Waals surface area contributed by atoms with E-state index in [0.717, 1.165) is 22.6 Å². The van der Waals surface area contributed by atoms with Crippen LogP contribution in [0.2, 0.25) is 5.02 Å². The van der Waals surface area contributed by atoms with Crippen LogP contribution >= 0.6 is 11.6 Å². The van der Waals surface area contributed by atoms with E-state index in [0.29, 0.717) is 34.2 Å². The Labute approximate surface area is 166 Å². The third kappa shape index (κ3) is 3.44. The summed E-state index contributed by atoms with van der Waals surface area (Å²) < 4.78 is 16.1. The lowest BCUT2D eigenvalue weighted by Crippen LogP contribution is -2.04. The second-order valence-electron chi connectivity index (χ2n) is 5.98. The molecule has 0 saturated carbocycles. The number of methoxy groups -OCH3 is 2. The molecule has 0 saturated heterocycles. The van der Waals surface area contributed by atoms with Gasteiger partial charge >= 0.3 is 0 Å². The van der Waals surface area contributed by atoms with Crippen molar-refractivity contribution in [2.45, 2.75) is 6.54 Å². The van der Waals surface area contributed by atoms with Gasteiger partial charge in [0.15, 0.2) is 0 Å². The van der Waals surface area contributed by atoms with Gasteiger partial charge in [-0.1, -0.05) is 28.9 Å². The molecule has 28 heavy (non-hydrogen) atoms. The molecule has 8 heteroatoms. The number of fused-ring (bicyclic) bond motifs is 1. The Morgan fingerprint density at radius 3 is 2.75 bits per heavy atom. The second kappa shape index (κ2) is 7.74. The van der Waals surface area contributed by atoms with Crippen LogP contribution in [0.15, 0.2) is 53.3 Å². The molecule has 142 valence electrons. The molecule has 4 rings (SSSR count). The summed E-state index contributed by atoms with van der Waals surface area (Å²) in [6.07, 6.45) is 1.43. The molecule has 0 unspecified atom stereocenters. The van der Waals surface area contributed by atoms with E-state index in [4.69, 9.17) is 25.6 Å². The van der Waals surface area contributed by atoms with Gasteiger partial charge in [-0.05, 0) is 30.3 Å². The lowest BCUT2D eigenvalue weighted by Gasteiger charge is -2.12. The fraction of sp³-hybridized carbons (Fsp3) is 0.150. The minimum absolute atomic E-state index is 0.394. The number of anilines is 1. The van der Waals surface area contributed by atoms with E-state index in [1.165, 1.54) is 6.33 Å². The SMILES string of the molecule is COc1ccc(OC)c(CNc2ncnc3onc(-c4cccc(Cl)c4)c23)c1. The number of benzene rings is 2. The monoisotopic (exact) mass is 396 g/mol. The zero-order valence-corrected chi connectivity index (χ0v) is 16.0. The zero-order chi connectivity index (χ0) is 19.5. The zero-order valence-electron chi connectivity index (χ0n) is 15.3. The van der Waals surface area contributed by atoms with Gasteiger partial charge < -0.3 is 19.3 Å². The van der Waals surface area contributed by atoms with Crippen LogP contribution in [0.5, 0.6) is 11.5 Å². The van der Waals surface area contributed by atoms with Crippen LogP contribution in [-0.2, 0) is 6.54 Å². The van der Waals surface area contributed by atoms with E-state index >= 15 is 0 Å². The Balaban J connectivity index is 1.71. The van der Waals surface area contributed by atoms with Crippen LogP contribution in [0.4, 0.5) is 5.82 Å². The molecule has 2 heterocycles. The highest BCUT2D eigenvalue weighted by Crippen LogP contribution is 2.33. The smallest absolute Gasteiger partial charge is 0.263 e. The summed E-state index contributed by atoms with van der Waals surface area (Å²) in [6, 6.07) is 13.0. The molecule has 0 aliphatic heterocycles. The van der Waals surface area contributed by atoms with Crippen LogP contribution in [0.25, 0.3) is 22.4 Å². The van der Waals surface area contributed by atoms with Crippen molar-refractivity contribution in [1.29, 1.82) is 0 Å². The highest BCUT2D eigenvalue weighted by Gasteiger charge is 2.17. The van der Waals surface area contributed by atoms with Crippen molar-refractivity contribution < 1.29 is 14.0 Å².